The number of piperazine rings is 1. The number of ether oxygens (including phenoxy) is 2. The summed E-state index contributed by atoms with van der Waals surface area (Å²) < 4.78 is 10.7. The zero-order chi connectivity index (χ0) is 27.0. The van der Waals surface area contributed by atoms with Gasteiger partial charge in [0.15, 0.2) is 11.5 Å². The number of aromatic amines is 1. The summed E-state index contributed by atoms with van der Waals surface area (Å²) in [6.07, 6.45) is 0. The topological polar surface area (TPSA) is 104 Å². The van der Waals surface area contributed by atoms with Crippen LogP contribution in [0.4, 0.5) is 11.5 Å². The van der Waals surface area contributed by atoms with Gasteiger partial charge in [0, 0.05) is 48.1 Å². The SMILES string of the molecule is COc1cc(OC)c(Cl)c(-c2ccc3c(NC(=O)c4ccc(N5CCNC(C)(C)C5)cc4)n[nH]c3n2)c1Cl.Cl. The highest BCUT2D eigenvalue weighted by Gasteiger charge is 2.26. The summed E-state index contributed by atoms with van der Waals surface area (Å²) in [7, 11) is 3.02. The maximum Gasteiger partial charge on any atom is 0.256 e. The third-order valence-corrected chi connectivity index (χ3v) is 7.30. The molecule has 0 bridgehead atoms. The van der Waals surface area contributed by atoms with Crippen molar-refractivity contribution in [2.24, 2.45) is 0 Å². The number of pyridine rings is 1. The lowest BCUT2D eigenvalue weighted by molar-refractivity contribution is 0.102. The molecule has 1 fully saturated rings. The van der Waals surface area contributed by atoms with Gasteiger partial charge in [0.1, 0.15) is 11.5 Å². The van der Waals surface area contributed by atoms with E-state index in [1.807, 2.05) is 24.3 Å². The van der Waals surface area contributed by atoms with Crippen molar-refractivity contribution in [2.45, 2.75) is 19.4 Å². The molecule has 0 radical (unpaired) electrons. The fourth-order valence-electron chi connectivity index (χ4n) is 4.61. The van der Waals surface area contributed by atoms with Gasteiger partial charge in [-0.15, -0.1) is 12.4 Å². The van der Waals surface area contributed by atoms with Gasteiger partial charge in [-0.25, -0.2) is 4.98 Å². The highest BCUT2D eigenvalue weighted by atomic mass is 35.5. The van der Waals surface area contributed by atoms with E-state index in [0.29, 0.717) is 55.2 Å². The van der Waals surface area contributed by atoms with Crippen molar-refractivity contribution in [1.29, 1.82) is 0 Å². The lowest BCUT2D eigenvalue weighted by Gasteiger charge is -2.40. The Hall–Kier alpha value is -3.24. The summed E-state index contributed by atoms with van der Waals surface area (Å²) in [5.41, 5.74) is 3.09. The number of amides is 1. The van der Waals surface area contributed by atoms with Crippen LogP contribution in [0.15, 0.2) is 42.5 Å². The molecule has 2 aromatic heterocycles. The maximum absolute atomic E-state index is 13.0. The second-order valence-electron chi connectivity index (χ2n) is 9.68. The van der Waals surface area contributed by atoms with E-state index in [1.165, 1.54) is 14.2 Å². The van der Waals surface area contributed by atoms with Crippen LogP contribution in [0.3, 0.4) is 0 Å². The Kier molecular flexibility index (Phi) is 8.46. The van der Waals surface area contributed by atoms with Gasteiger partial charge < -0.3 is 25.0 Å². The molecule has 0 atom stereocenters. The summed E-state index contributed by atoms with van der Waals surface area (Å²) in [5.74, 6) is 0.929. The first-order valence-corrected chi connectivity index (χ1v) is 12.8. The number of H-pyrrole nitrogens is 1. The quantitative estimate of drug-likeness (QED) is 0.260. The molecule has 1 amide bonds. The molecule has 1 aliphatic rings. The molecule has 2 aromatic carbocycles. The minimum atomic E-state index is -0.265. The van der Waals surface area contributed by atoms with Crippen LogP contribution < -0.4 is 25.0 Å². The van der Waals surface area contributed by atoms with Gasteiger partial charge >= 0.3 is 0 Å². The van der Waals surface area contributed by atoms with Gasteiger partial charge in [0.25, 0.3) is 5.91 Å². The zero-order valence-corrected chi connectivity index (χ0v) is 24.2. The first-order valence-electron chi connectivity index (χ1n) is 12.1. The first-order chi connectivity index (χ1) is 18.2. The van der Waals surface area contributed by atoms with Crippen LogP contribution in [0.5, 0.6) is 11.5 Å². The predicted molar refractivity (Wildman–Crippen MR) is 158 cm³/mol. The van der Waals surface area contributed by atoms with Gasteiger partial charge in [0.2, 0.25) is 0 Å². The van der Waals surface area contributed by atoms with Crippen molar-refractivity contribution in [1.82, 2.24) is 20.5 Å². The molecule has 0 unspecified atom stereocenters. The van der Waals surface area contributed by atoms with Crippen molar-refractivity contribution in [2.75, 3.05) is 44.1 Å². The molecule has 1 saturated heterocycles. The van der Waals surface area contributed by atoms with Gasteiger partial charge in [-0.3, -0.25) is 9.89 Å². The first kappa shape index (κ1) is 28.8. The van der Waals surface area contributed by atoms with Gasteiger partial charge in [-0.1, -0.05) is 23.2 Å². The molecule has 3 N–H and O–H groups in total. The maximum atomic E-state index is 13.0. The normalized spacial score (nSPS) is 14.6. The molecule has 9 nitrogen and oxygen atoms in total. The van der Waals surface area contributed by atoms with E-state index in [2.05, 4.69) is 44.6 Å². The number of carbonyl (C=O) groups is 1. The molecule has 1 aliphatic heterocycles. The number of rotatable bonds is 6. The summed E-state index contributed by atoms with van der Waals surface area (Å²) in [6, 6.07) is 12.8. The van der Waals surface area contributed by atoms with E-state index in [-0.39, 0.29) is 23.9 Å². The lowest BCUT2D eigenvalue weighted by Crippen LogP contribution is -2.57. The highest BCUT2D eigenvalue weighted by Crippen LogP contribution is 2.45. The standard InChI is InChI=1S/C27H28Cl2N6O3.ClH/c1-27(2)14-35(12-11-30-27)16-7-5-15(6-8-16)26(36)32-25-17-9-10-18(31-24(17)33-34-25)21-22(28)19(37-3)13-20(38-4)23(21)29;/h5-10,13,30H,11-12,14H2,1-4H3,(H2,31,32,33,34,36);1H. The van der Waals surface area contributed by atoms with E-state index in [4.69, 9.17) is 32.7 Å². The minimum Gasteiger partial charge on any atom is -0.495 e. The Balaban J connectivity index is 0.00000353. The molecule has 39 heavy (non-hydrogen) atoms. The minimum absolute atomic E-state index is 0. The smallest absolute Gasteiger partial charge is 0.256 e. The van der Waals surface area contributed by atoms with Crippen LogP contribution in [0, 0.1) is 0 Å². The number of hydrogen-bond donors (Lipinski definition) is 3. The highest BCUT2D eigenvalue weighted by molar-refractivity contribution is 6.41. The fourth-order valence-corrected chi connectivity index (χ4v) is 5.31. The molecular formula is C27H29Cl3N6O3. The number of benzene rings is 2. The van der Waals surface area contributed by atoms with E-state index < -0.39 is 0 Å². The van der Waals surface area contributed by atoms with Crippen LogP contribution in [0.25, 0.3) is 22.3 Å². The zero-order valence-electron chi connectivity index (χ0n) is 21.9. The second kappa shape index (κ2) is 11.5. The number of aromatic nitrogens is 3. The lowest BCUT2D eigenvalue weighted by atomic mass is 10.0. The molecule has 5 rings (SSSR count). The van der Waals surface area contributed by atoms with Crippen LogP contribution >= 0.6 is 35.6 Å². The predicted octanol–water partition coefficient (Wildman–Crippen LogP) is 5.81. The molecule has 0 saturated carbocycles. The van der Waals surface area contributed by atoms with E-state index in [0.717, 1.165) is 25.3 Å². The number of anilines is 2. The van der Waals surface area contributed by atoms with Gasteiger partial charge in [-0.05, 0) is 50.2 Å². The Morgan fingerprint density at radius 1 is 1.05 bits per heavy atom. The number of nitrogens with zero attached hydrogens (tertiary/aromatic N) is 3. The van der Waals surface area contributed by atoms with E-state index in [9.17, 15) is 4.79 Å². The Labute approximate surface area is 242 Å². The van der Waals surface area contributed by atoms with Crippen LogP contribution in [-0.2, 0) is 0 Å². The van der Waals surface area contributed by atoms with Crippen molar-refractivity contribution in [3.8, 4) is 22.8 Å². The van der Waals surface area contributed by atoms with Crippen molar-refractivity contribution < 1.29 is 14.3 Å². The molecular weight excluding hydrogens is 563 g/mol. The third-order valence-electron chi connectivity index (χ3n) is 6.55. The second-order valence-corrected chi connectivity index (χ2v) is 10.4. The average Bonchev–Trinajstić information content (AvgIpc) is 3.30. The molecule has 4 aromatic rings. The summed E-state index contributed by atoms with van der Waals surface area (Å²) in [6.45, 7) is 7.10. The fraction of sp³-hybridized carbons (Fsp3) is 0.296. The molecule has 0 spiro atoms. The van der Waals surface area contributed by atoms with Crippen LogP contribution in [0.2, 0.25) is 10.0 Å². The van der Waals surface area contributed by atoms with Gasteiger partial charge in [0.05, 0.1) is 35.3 Å². The summed E-state index contributed by atoms with van der Waals surface area (Å²) >= 11 is 13.1. The average molecular weight is 592 g/mol. The van der Waals surface area contributed by atoms with Crippen molar-refractivity contribution in [3.63, 3.8) is 0 Å². The number of halogens is 3. The van der Waals surface area contributed by atoms with Crippen LogP contribution in [-0.4, -0.2) is 60.5 Å². The number of fused-ring (bicyclic) bond motifs is 1. The Morgan fingerprint density at radius 3 is 2.33 bits per heavy atom. The van der Waals surface area contributed by atoms with Crippen LogP contribution in [0.1, 0.15) is 24.2 Å². The Morgan fingerprint density at radius 2 is 1.72 bits per heavy atom. The third kappa shape index (κ3) is 5.72. The van der Waals surface area contributed by atoms with Crippen molar-refractivity contribution >= 4 is 64.1 Å². The molecule has 0 aliphatic carbocycles. The largest absolute Gasteiger partial charge is 0.495 e. The summed E-state index contributed by atoms with van der Waals surface area (Å²) in [5, 5.41) is 14.8. The van der Waals surface area contributed by atoms with E-state index >= 15 is 0 Å². The number of carbonyl (C=O) groups excluding carboxylic acids is 1. The van der Waals surface area contributed by atoms with Crippen molar-refractivity contribution in [3.05, 3.63) is 58.1 Å². The molecule has 206 valence electrons. The monoisotopic (exact) mass is 590 g/mol. The number of hydrogen-bond acceptors (Lipinski definition) is 7. The number of nitrogens with one attached hydrogen (secondary N) is 3. The molecule has 12 heteroatoms. The number of methoxy groups -OCH3 is 2. The van der Waals surface area contributed by atoms with Gasteiger partial charge in [-0.2, -0.15) is 5.10 Å². The summed E-state index contributed by atoms with van der Waals surface area (Å²) in [4.78, 5) is 19.9. The molecule has 3 heterocycles. The van der Waals surface area contributed by atoms with E-state index in [1.54, 1.807) is 18.2 Å². The Bertz CT molecular complexity index is 1480.